The van der Waals surface area contributed by atoms with Crippen molar-refractivity contribution in [2.75, 3.05) is 24.6 Å². The van der Waals surface area contributed by atoms with Gasteiger partial charge in [0.2, 0.25) is 0 Å². The van der Waals surface area contributed by atoms with Gasteiger partial charge in [-0.05, 0) is 11.6 Å². The fraction of sp³-hybridized carbons (Fsp3) is 0.583. The lowest BCUT2D eigenvalue weighted by Crippen LogP contribution is -2.56. The van der Waals surface area contributed by atoms with Crippen LogP contribution in [0.25, 0.3) is 0 Å². The van der Waals surface area contributed by atoms with Crippen molar-refractivity contribution in [1.29, 1.82) is 0 Å². The molecule has 3 heterocycles. The summed E-state index contributed by atoms with van der Waals surface area (Å²) < 4.78 is 23.4. The number of rotatable bonds is 2. The lowest BCUT2D eigenvalue weighted by Gasteiger charge is -2.37. The van der Waals surface area contributed by atoms with E-state index >= 15 is 0 Å². The number of aromatic nitrogens is 1. The molecular weight excluding hydrogens is 321 g/mol. The molecule has 1 aromatic rings. The number of halogens is 2. The summed E-state index contributed by atoms with van der Waals surface area (Å²) in [6.07, 6.45) is 3.60. The molecule has 3 rings (SSSR count). The van der Waals surface area contributed by atoms with Crippen LogP contribution in [0.3, 0.4) is 0 Å². The first-order chi connectivity index (χ1) is 8.64. The number of nitrogens with zero attached hydrogens (tertiary/aromatic N) is 2. The Balaban J connectivity index is 0.000001000. The zero-order chi connectivity index (χ0) is 12.6. The molecule has 0 bridgehead atoms. The van der Waals surface area contributed by atoms with Gasteiger partial charge in [-0.3, -0.25) is 9.88 Å². The van der Waals surface area contributed by atoms with Crippen LogP contribution in [0.5, 0.6) is 0 Å². The van der Waals surface area contributed by atoms with Crippen LogP contribution in [0.1, 0.15) is 5.56 Å². The third-order valence-corrected chi connectivity index (χ3v) is 5.42. The molecule has 2 aliphatic rings. The number of sulfone groups is 1. The van der Waals surface area contributed by atoms with Crippen LogP contribution in [0.2, 0.25) is 0 Å². The minimum absolute atomic E-state index is 0. The van der Waals surface area contributed by atoms with Gasteiger partial charge < -0.3 is 5.32 Å². The molecule has 0 amide bonds. The molecule has 0 radical (unpaired) electrons. The van der Waals surface area contributed by atoms with Gasteiger partial charge in [0.05, 0.1) is 11.5 Å². The maximum Gasteiger partial charge on any atom is 0.153 e. The number of fused-ring (bicyclic) bond motifs is 1. The second kappa shape index (κ2) is 7.04. The summed E-state index contributed by atoms with van der Waals surface area (Å²) in [4.78, 5) is 6.37. The van der Waals surface area contributed by atoms with Crippen LogP contribution in [-0.4, -0.2) is 55.0 Å². The Kier molecular flexibility index (Phi) is 6.22. The van der Waals surface area contributed by atoms with E-state index in [9.17, 15) is 8.42 Å². The molecule has 1 aromatic heterocycles. The predicted octanol–water partition coefficient (Wildman–Crippen LogP) is 0.496. The quantitative estimate of drug-likeness (QED) is 0.849. The van der Waals surface area contributed by atoms with Crippen LogP contribution >= 0.6 is 24.8 Å². The Hall–Kier alpha value is -0.400. The molecule has 0 aromatic carbocycles. The fourth-order valence-electron chi connectivity index (χ4n) is 2.87. The topological polar surface area (TPSA) is 62.3 Å². The van der Waals surface area contributed by atoms with Gasteiger partial charge in [-0.1, -0.05) is 6.07 Å². The van der Waals surface area contributed by atoms with Crippen LogP contribution in [0.4, 0.5) is 0 Å². The predicted molar refractivity (Wildman–Crippen MR) is 83.4 cm³/mol. The van der Waals surface area contributed by atoms with Gasteiger partial charge in [-0.15, -0.1) is 24.8 Å². The van der Waals surface area contributed by atoms with Gasteiger partial charge in [-0.2, -0.15) is 0 Å². The van der Waals surface area contributed by atoms with Crippen LogP contribution in [-0.2, 0) is 16.4 Å². The summed E-state index contributed by atoms with van der Waals surface area (Å²) in [5, 5.41) is 3.32. The van der Waals surface area contributed by atoms with E-state index in [1.54, 1.807) is 6.20 Å². The van der Waals surface area contributed by atoms with E-state index in [1.807, 2.05) is 18.3 Å². The second-order valence-electron chi connectivity index (χ2n) is 5.04. The monoisotopic (exact) mass is 339 g/mol. The van der Waals surface area contributed by atoms with Gasteiger partial charge in [0, 0.05) is 44.1 Å². The van der Waals surface area contributed by atoms with E-state index in [2.05, 4.69) is 15.2 Å². The molecule has 20 heavy (non-hydrogen) atoms. The molecule has 2 saturated heterocycles. The maximum atomic E-state index is 11.7. The largest absolute Gasteiger partial charge is 0.310 e. The molecule has 1 N–H and O–H groups in total. The molecule has 2 unspecified atom stereocenters. The second-order valence-corrected chi connectivity index (χ2v) is 7.19. The Morgan fingerprint density at radius 2 is 2.15 bits per heavy atom. The molecule has 0 spiro atoms. The average Bonchev–Trinajstić information content (AvgIpc) is 2.66. The summed E-state index contributed by atoms with van der Waals surface area (Å²) in [5.74, 6) is 0.562. The highest BCUT2D eigenvalue weighted by Gasteiger charge is 2.42. The Bertz CT molecular complexity index is 527. The van der Waals surface area contributed by atoms with Gasteiger partial charge in [0.15, 0.2) is 9.84 Å². The number of nitrogens with one attached hydrogen (secondary N) is 1. The maximum absolute atomic E-state index is 11.7. The highest BCUT2D eigenvalue weighted by molar-refractivity contribution is 7.91. The third kappa shape index (κ3) is 3.83. The molecule has 2 atom stereocenters. The summed E-state index contributed by atoms with van der Waals surface area (Å²) in [6.45, 7) is 2.54. The van der Waals surface area contributed by atoms with E-state index in [0.29, 0.717) is 0 Å². The number of hydrogen-bond donors (Lipinski definition) is 1. The van der Waals surface area contributed by atoms with Gasteiger partial charge in [0.25, 0.3) is 0 Å². The normalized spacial score (nSPS) is 28.0. The SMILES string of the molecule is Cl.Cl.O=S1(=O)CC2NCCN(Cc3cccnc3)C2C1. The number of hydrogen-bond acceptors (Lipinski definition) is 5. The lowest BCUT2D eigenvalue weighted by atomic mass is 10.1. The summed E-state index contributed by atoms with van der Waals surface area (Å²) in [6, 6.07) is 4.16. The smallest absolute Gasteiger partial charge is 0.153 e. The highest BCUT2D eigenvalue weighted by atomic mass is 35.5. The van der Waals surface area contributed by atoms with Gasteiger partial charge >= 0.3 is 0 Å². The number of pyridine rings is 1. The standard InChI is InChI=1S/C12H17N3O2S.2ClH/c16-18(17)8-11-12(9-18)15(5-4-14-11)7-10-2-1-3-13-6-10;;/h1-3,6,11-12,14H,4-5,7-9H2;2*1H. The molecule has 5 nitrogen and oxygen atoms in total. The molecular formula is C12H19Cl2N3O2S. The Labute approximate surface area is 131 Å². The Morgan fingerprint density at radius 3 is 2.85 bits per heavy atom. The molecule has 2 aliphatic heterocycles. The van der Waals surface area contributed by atoms with Crippen molar-refractivity contribution in [3.63, 3.8) is 0 Å². The lowest BCUT2D eigenvalue weighted by molar-refractivity contribution is 0.141. The van der Waals surface area contributed by atoms with Gasteiger partial charge in [-0.25, -0.2) is 8.42 Å². The van der Waals surface area contributed by atoms with Crippen molar-refractivity contribution in [2.45, 2.75) is 18.6 Å². The molecule has 8 heteroatoms. The fourth-order valence-corrected chi connectivity index (χ4v) is 4.85. The zero-order valence-corrected chi connectivity index (χ0v) is 13.4. The van der Waals surface area contributed by atoms with Crippen LogP contribution in [0, 0.1) is 0 Å². The van der Waals surface area contributed by atoms with Crippen molar-refractivity contribution in [3.05, 3.63) is 30.1 Å². The summed E-state index contributed by atoms with van der Waals surface area (Å²) in [7, 11) is -2.87. The van der Waals surface area contributed by atoms with Crippen molar-refractivity contribution < 1.29 is 8.42 Å². The summed E-state index contributed by atoms with van der Waals surface area (Å²) in [5.41, 5.74) is 1.14. The van der Waals surface area contributed by atoms with Gasteiger partial charge in [0.1, 0.15) is 0 Å². The Morgan fingerprint density at radius 1 is 1.35 bits per heavy atom. The number of piperazine rings is 1. The van der Waals surface area contributed by atoms with Crippen molar-refractivity contribution in [1.82, 2.24) is 15.2 Å². The van der Waals surface area contributed by atoms with Crippen molar-refractivity contribution in [3.8, 4) is 0 Å². The van der Waals surface area contributed by atoms with Crippen molar-refractivity contribution >= 4 is 34.7 Å². The van der Waals surface area contributed by atoms with E-state index in [4.69, 9.17) is 0 Å². The van der Waals surface area contributed by atoms with E-state index < -0.39 is 9.84 Å². The first kappa shape index (κ1) is 17.7. The molecule has 114 valence electrons. The molecule has 2 fully saturated rings. The third-order valence-electron chi connectivity index (χ3n) is 3.71. The first-order valence-corrected chi connectivity index (χ1v) is 8.03. The van der Waals surface area contributed by atoms with Crippen LogP contribution < -0.4 is 5.32 Å². The van der Waals surface area contributed by atoms with Crippen molar-refractivity contribution in [2.24, 2.45) is 0 Å². The molecule has 0 aliphatic carbocycles. The molecule has 0 saturated carbocycles. The highest BCUT2D eigenvalue weighted by Crippen LogP contribution is 2.22. The first-order valence-electron chi connectivity index (χ1n) is 6.21. The van der Waals surface area contributed by atoms with E-state index in [0.717, 1.165) is 25.2 Å². The van der Waals surface area contributed by atoms with E-state index in [1.165, 1.54) is 0 Å². The zero-order valence-electron chi connectivity index (χ0n) is 10.9. The minimum atomic E-state index is -2.87. The average molecular weight is 340 g/mol. The van der Waals surface area contributed by atoms with E-state index in [-0.39, 0.29) is 48.4 Å². The minimum Gasteiger partial charge on any atom is -0.310 e. The summed E-state index contributed by atoms with van der Waals surface area (Å²) >= 11 is 0. The van der Waals surface area contributed by atoms with Crippen LogP contribution in [0.15, 0.2) is 24.5 Å².